The molecule has 12 nitrogen and oxygen atoms in total. The van der Waals surface area contributed by atoms with E-state index in [4.69, 9.17) is 14.2 Å². The summed E-state index contributed by atoms with van der Waals surface area (Å²) in [6, 6.07) is 21.5. The van der Waals surface area contributed by atoms with Gasteiger partial charge in [0.1, 0.15) is 23.0 Å². The molecule has 2 aliphatic rings. The maximum Gasteiger partial charge on any atom is 0.338 e. The lowest BCUT2D eigenvalue weighted by Gasteiger charge is -2.33. The Morgan fingerprint density at radius 2 is 1.71 bits per heavy atom. The smallest absolute Gasteiger partial charge is 0.338 e. The van der Waals surface area contributed by atoms with E-state index in [1.54, 1.807) is 43.6 Å². The van der Waals surface area contributed by atoms with E-state index < -0.39 is 6.03 Å². The van der Waals surface area contributed by atoms with E-state index in [2.05, 4.69) is 21.0 Å². The molecule has 0 spiro atoms. The summed E-state index contributed by atoms with van der Waals surface area (Å²) in [6.07, 6.45) is 3.02. The number of benzene rings is 3. The number of piperidine rings is 1. The number of urea groups is 2. The van der Waals surface area contributed by atoms with E-state index in [0.717, 1.165) is 10.9 Å². The molecule has 3 N–H and O–H groups in total. The maximum absolute atomic E-state index is 12.8. The molecular formula is C35H38N6O6S. The van der Waals surface area contributed by atoms with Crippen LogP contribution >= 0.6 is 11.8 Å². The Kier molecular flexibility index (Phi) is 10.0. The van der Waals surface area contributed by atoms with Gasteiger partial charge in [0.25, 0.3) is 5.91 Å². The van der Waals surface area contributed by atoms with Crippen molar-refractivity contribution >= 4 is 46.3 Å². The second-order valence-electron chi connectivity index (χ2n) is 11.8. The highest BCUT2D eigenvalue weighted by molar-refractivity contribution is 8.00. The number of hydrogen-bond donors (Lipinski definition) is 3. The molecule has 13 heteroatoms. The number of fused-ring (bicyclic) bond motifs is 1. The number of anilines is 1. The van der Waals surface area contributed by atoms with Crippen LogP contribution in [0.15, 0.2) is 79.0 Å². The summed E-state index contributed by atoms with van der Waals surface area (Å²) in [5.74, 6) is 2.38. The summed E-state index contributed by atoms with van der Waals surface area (Å²) < 4.78 is 18.3. The minimum absolute atomic E-state index is 0.0495. The third kappa shape index (κ3) is 7.68. The lowest BCUT2D eigenvalue weighted by Crippen LogP contribution is -2.48. The summed E-state index contributed by atoms with van der Waals surface area (Å²) in [6.45, 7) is 5.12. The zero-order valence-corrected chi connectivity index (χ0v) is 27.8. The number of nitrogens with one attached hydrogen (secondary N) is 3. The quantitative estimate of drug-likeness (QED) is 0.189. The van der Waals surface area contributed by atoms with Gasteiger partial charge >= 0.3 is 12.1 Å². The monoisotopic (exact) mass is 670 g/mol. The molecule has 1 unspecified atom stereocenters. The highest BCUT2D eigenvalue weighted by Gasteiger charge is 2.34. The van der Waals surface area contributed by atoms with Gasteiger partial charge in [-0.05, 0) is 55.8 Å². The molecule has 2 aliphatic heterocycles. The SMILES string of the molecule is COc1cc2c(Oc3ccc(NC(=O)NN4C(=O)CSC4c4ccccc4)cc3)ccnc2cc1OC1CCN(C(=O)NC(C)C)CC1. The number of methoxy groups -OCH3 is 1. The Morgan fingerprint density at radius 1 is 0.958 bits per heavy atom. The van der Waals surface area contributed by atoms with Gasteiger partial charge in [0.05, 0.1) is 18.4 Å². The van der Waals surface area contributed by atoms with Crippen LogP contribution in [0.1, 0.15) is 37.6 Å². The molecule has 6 rings (SSSR count). The van der Waals surface area contributed by atoms with Crippen molar-refractivity contribution in [3.8, 4) is 23.0 Å². The zero-order valence-electron chi connectivity index (χ0n) is 27.0. The number of hydrogen-bond acceptors (Lipinski definition) is 8. The predicted molar refractivity (Wildman–Crippen MR) is 184 cm³/mol. The van der Waals surface area contributed by atoms with Crippen molar-refractivity contribution in [3.05, 3.63) is 84.6 Å². The molecular weight excluding hydrogens is 632 g/mol. The molecule has 1 atom stereocenters. The topological polar surface area (TPSA) is 134 Å². The third-order valence-corrected chi connectivity index (χ3v) is 9.15. The second kappa shape index (κ2) is 14.7. The number of pyridine rings is 1. The summed E-state index contributed by atoms with van der Waals surface area (Å²) in [5, 5.41) is 7.53. The fourth-order valence-electron chi connectivity index (χ4n) is 5.57. The minimum atomic E-state index is -0.520. The van der Waals surface area contributed by atoms with Gasteiger partial charge in [0.2, 0.25) is 0 Å². The van der Waals surface area contributed by atoms with Crippen LogP contribution in [0.2, 0.25) is 0 Å². The van der Waals surface area contributed by atoms with Crippen molar-refractivity contribution in [2.24, 2.45) is 0 Å². The Bertz CT molecular complexity index is 1770. The summed E-state index contributed by atoms with van der Waals surface area (Å²) in [4.78, 5) is 44.0. The van der Waals surface area contributed by atoms with Crippen molar-refractivity contribution in [2.45, 2.75) is 44.2 Å². The first-order chi connectivity index (χ1) is 23.3. The lowest BCUT2D eigenvalue weighted by atomic mass is 10.1. The Balaban J connectivity index is 1.08. The van der Waals surface area contributed by atoms with Gasteiger partial charge in [-0.2, -0.15) is 0 Å². The molecule has 250 valence electrons. The molecule has 2 fully saturated rings. The van der Waals surface area contributed by atoms with Crippen LogP contribution in [0.25, 0.3) is 10.9 Å². The first kappa shape index (κ1) is 32.8. The van der Waals surface area contributed by atoms with E-state index in [1.807, 2.05) is 61.2 Å². The number of hydrazine groups is 1. The van der Waals surface area contributed by atoms with Gasteiger partial charge in [-0.1, -0.05) is 30.3 Å². The first-order valence-corrected chi connectivity index (χ1v) is 16.9. The number of carbonyl (C=O) groups excluding carboxylic acids is 3. The van der Waals surface area contributed by atoms with Crippen LogP contribution in [0.5, 0.6) is 23.0 Å². The number of amides is 5. The number of likely N-dealkylation sites (tertiary alicyclic amines) is 1. The fraction of sp³-hybridized carbons (Fsp3) is 0.314. The average Bonchev–Trinajstić information content (AvgIpc) is 3.45. The highest BCUT2D eigenvalue weighted by Crippen LogP contribution is 2.39. The third-order valence-electron chi connectivity index (χ3n) is 7.94. The van der Waals surface area contributed by atoms with Gasteiger partial charge in [0, 0.05) is 55.3 Å². The Morgan fingerprint density at radius 3 is 2.42 bits per heavy atom. The molecule has 3 heterocycles. The van der Waals surface area contributed by atoms with E-state index in [1.165, 1.54) is 16.8 Å². The van der Waals surface area contributed by atoms with Gasteiger partial charge in [-0.25, -0.2) is 20.0 Å². The predicted octanol–water partition coefficient (Wildman–Crippen LogP) is 6.31. The molecule has 48 heavy (non-hydrogen) atoms. The van der Waals surface area contributed by atoms with Crippen molar-refractivity contribution in [3.63, 3.8) is 0 Å². The summed E-state index contributed by atoms with van der Waals surface area (Å²) in [7, 11) is 1.59. The van der Waals surface area contributed by atoms with Crippen LogP contribution in [-0.4, -0.2) is 71.0 Å². The molecule has 0 saturated carbocycles. The van der Waals surface area contributed by atoms with Crippen molar-refractivity contribution < 1.29 is 28.6 Å². The molecule has 2 saturated heterocycles. The molecule has 0 bridgehead atoms. The molecule has 0 radical (unpaired) electrons. The zero-order chi connectivity index (χ0) is 33.6. The van der Waals surface area contributed by atoms with Crippen LogP contribution in [-0.2, 0) is 4.79 Å². The molecule has 3 aromatic carbocycles. The van der Waals surface area contributed by atoms with E-state index >= 15 is 0 Å². The number of aromatic nitrogens is 1. The van der Waals surface area contributed by atoms with Crippen molar-refractivity contribution in [1.29, 1.82) is 0 Å². The number of carbonyl (C=O) groups is 3. The number of thioether (sulfide) groups is 1. The maximum atomic E-state index is 12.8. The molecule has 0 aliphatic carbocycles. The van der Waals surface area contributed by atoms with E-state index in [9.17, 15) is 14.4 Å². The van der Waals surface area contributed by atoms with Gasteiger partial charge < -0.3 is 29.7 Å². The molecule has 5 amide bonds. The van der Waals surface area contributed by atoms with Crippen LogP contribution in [0.3, 0.4) is 0 Å². The average molecular weight is 671 g/mol. The van der Waals surface area contributed by atoms with Gasteiger partial charge in [-0.3, -0.25) is 9.78 Å². The highest BCUT2D eigenvalue weighted by atomic mass is 32.2. The van der Waals surface area contributed by atoms with Crippen LogP contribution in [0.4, 0.5) is 15.3 Å². The van der Waals surface area contributed by atoms with Gasteiger partial charge in [-0.15, -0.1) is 11.8 Å². The lowest BCUT2D eigenvalue weighted by molar-refractivity contribution is -0.130. The van der Waals surface area contributed by atoms with Crippen molar-refractivity contribution in [1.82, 2.24) is 25.6 Å². The fourth-order valence-corrected chi connectivity index (χ4v) is 6.68. The van der Waals surface area contributed by atoms with Crippen molar-refractivity contribution in [2.75, 3.05) is 31.3 Å². The van der Waals surface area contributed by atoms with Crippen LogP contribution in [0, 0.1) is 0 Å². The second-order valence-corrected chi connectivity index (χ2v) is 12.8. The Hall–Kier alpha value is -5.17. The normalized spacial score (nSPS) is 16.6. The Labute approximate surface area is 283 Å². The van der Waals surface area contributed by atoms with E-state index in [0.29, 0.717) is 60.1 Å². The van der Waals surface area contributed by atoms with Crippen LogP contribution < -0.4 is 30.3 Å². The molecule has 1 aromatic heterocycles. The number of ether oxygens (including phenoxy) is 3. The largest absolute Gasteiger partial charge is 0.493 e. The number of nitrogens with zero attached hydrogens (tertiary/aromatic N) is 3. The summed E-state index contributed by atoms with van der Waals surface area (Å²) >= 11 is 1.46. The standard InChI is InChI=1S/C35H38N6O6S/c1-22(2)37-35(44)40-17-14-26(15-18-40)47-31-20-28-27(19-30(31)45-3)29(13-16-36-28)46-25-11-9-24(10-12-25)38-34(43)39-41-32(42)21-48-33(41)23-7-5-4-6-8-23/h4-13,16,19-20,22,26,33H,14-15,17-18,21H2,1-3H3,(H,37,44)(H2,38,39,43). The minimum Gasteiger partial charge on any atom is -0.493 e. The van der Waals surface area contributed by atoms with Gasteiger partial charge in [0.15, 0.2) is 11.5 Å². The van der Waals surface area contributed by atoms with E-state index in [-0.39, 0.29) is 35.2 Å². The first-order valence-electron chi connectivity index (χ1n) is 15.8. The molecule has 4 aromatic rings. The summed E-state index contributed by atoms with van der Waals surface area (Å²) in [5.41, 5.74) is 4.83. The number of rotatable bonds is 9.